The van der Waals surface area contributed by atoms with E-state index in [2.05, 4.69) is 22.1 Å². The van der Waals surface area contributed by atoms with Crippen molar-refractivity contribution in [2.45, 2.75) is 13.0 Å². The molecule has 1 N–H and O–H groups in total. The van der Waals surface area contributed by atoms with Crippen molar-refractivity contribution < 1.29 is 4.39 Å². The summed E-state index contributed by atoms with van der Waals surface area (Å²) in [7, 11) is 0. The minimum atomic E-state index is -0.235. The Bertz CT molecular complexity index is 316. The Kier molecular flexibility index (Phi) is 2.63. The lowest BCUT2D eigenvalue weighted by Crippen LogP contribution is -2.50. The van der Waals surface area contributed by atoms with Crippen molar-refractivity contribution >= 4 is 5.69 Å². The quantitative estimate of drug-likeness (QED) is 0.725. The van der Waals surface area contributed by atoms with Crippen molar-refractivity contribution in [2.24, 2.45) is 0 Å². The van der Waals surface area contributed by atoms with Gasteiger partial charge in [-0.15, -0.1) is 0 Å². The molecular formula is C10H14FN3. The molecule has 2 heterocycles. The van der Waals surface area contributed by atoms with Crippen LogP contribution in [0.3, 0.4) is 0 Å². The van der Waals surface area contributed by atoms with Gasteiger partial charge in [-0.25, -0.2) is 4.39 Å². The van der Waals surface area contributed by atoms with Gasteiger partial charge in [-0.05, 0) is 13.0 Å². The minimum absolute atomic E-state index is 0.235. The van der Waals surface area contributed by atoms with E-state index in [1.54, 1.807) is 12.3 Å². The van der Waals surface area contributed by atoms with Gasteiger partial charge in [0.25, 0.3) is 0 Å². The molecule has 1 aliphatic rings. The molecule has 0 radical (unpaired) electrons. The summed E-state index contributed by atoms with van der Waals surface area (Å²) in [4.78, 5) is 5.82. The number of piperazine rings is 1. The number of hydrogen-bond donors (Lipinski definition) is 1. The SMILES string of the molecule is CC1CNCCN1c1ccncc1F. The smallest absolute Gasteiger partial charge is 0.164 e. The number of anilines is 1. The van der Waals surface area contributed by atoms with Crippen molar-refractivity contribution in [2.75, 3.05) is 24.5 Å². The lowest BCUT2D eigenvalue weighted by atomic mass is 10.2. The van der Waals surface area contributed by atoms with Gasteiger partial charge >= 0.3 is 0 Å². The van der Waals surface area contributed by atoms with Gasteiger partial charge in [0.2, 0.25) is 0 Å². The second-order valence-electron chi connectivity index (χ2n) is 3.57. The van der Waals surface area contributed by atoms with Gasteiger partial charge in [0, 0.05) is 31.9 Å². The van der Waals surface area contributed by atoms with Gasteiger partial charge < -0.3 is 10.2 Å². The Labute approximate surface area is 82.9 Å². The maximum absolute atomic E-state index is 13.4. The Morgan fingerprint density at radius 2 is 2.50 bits per heavy atom. The molecule has 0 spiro atoms. The first-order valence-corrected chi connectivity index (χ1v) is 4.86. The number of rotatable bonds is 1. The molecule has 4 heteroatoms. The molecular weight excluding hydrogens is 181 g/mol. The summed E-state index contributed by atoms with van der Waals surface area (Å²) in [5.41, 5.74) is 0.661. The van der Waals surface area contributed by atoms with Crippen molar-refractivity contribution in [1.82, 2.24) is 10.3 Å². The fourth-order valence-electron chi connectivity index (χ4n) is 1.80. The summed E-state index contributed by atoms with van der Waals surface area (Å²) in [6, 6.07) is 2.07. The Balaban J connectivity index is 2.25. The molecule has 0 saturated carbocycles. The molecule has 0 bridgehead atoms. The van der Waals surface area contributed by atoms with Gasteiger partial charge in [-0.1, -0.05) is 0 Å². The standard InChI is InChI=1S/C10H14FN3/c1-8-6-13-4-5-14(8)10-2-3-12-7-9(10)11/h2-3,7-8,13H,4-6H2,1H3. The van der Waals surface area contributed by atoms with Crippen molar-refractivity contribution in [3.05, 3.63) is 24.3 Å². The Morgan fingerprint density at radius 3 is 3.21 bits per heavy atom. The maximum Gasteiger partial charge on any atom is 0.164 e. The van der Waals surface area contributed by atoms with Gasteiger partial charge in [0.1, 0.15) is 0 Å². The van der Waals surface area contributed by atoms with E-state index in [1.165, 1.54) is 6.20 Å². The molecule has 14 heavy (non-hydrogen) atoms. The van der Waals surface area contributed by atoms with Crippen LogP contribution in [0.2, 0.25) is 0 Å². The zero-order valence-corrected chi connectivity index (χ0v) is 8.20. The molecule has 1 aromatic heterocycles. The molecule has 3 nitrogen and oxygen atoms in total. The minimum Gasteiger partial charge on any atom is -0.364 e. The number of aromatic nitrogens is 1. The third-order valence-corrected chi connectivity index (χ3v) is 2.56. The van der Waals surface area contributed by atoms with Gasteiger partial charge in [0.05, 0.1) is 11.9 Å². The van der Waals surface area contributed by atoms with Gasteiger partial charge in [0.15, 0.2) is 5.82 Å². The molecule has 0 aliphatic carbocycles. The highest BCUT2D eigenvalue weighted by molar-refractivity contribution is 5.47. The van der Waals surface area contributed by atoms with E-state index in [1.807, 2.05) is 0 Å². The van der Waals surface area contributed by atoms with Crippen LogP contribution in [0.4, 0.5) is 10.1 Å². The van der Waals surface area contributed by atoms with Crippen LogP contribution in [0.15, 0.2) is 18.5 Å². The van der Waals surface area contributed by atoms with E-state index in [0.29, 0.717) is 11.7 Å². The summed E-state index contributed by atoms with van der Waals surface area (Å²) in [5.74, 6) is -0.235. The number of hydrogen-bond acceptors (Lipinski definition) is 3. The van der Waals surface area contributed by atoms with Crippen LogP contribution in [0.1, 0.15) is 6.92 Å². The van der Waals surface area contributed by atoms with Gasteiger partial charge in [-0.3, -0.25) is 4.98 Å². The maximum atomic E-state index is 13.4. The lowest BCUT2D eigenvalue weighted by Gasteiger charge is -2.35. The van der Waals surface area contributed by atoms with E-state index in [0.717, 1.165) is 19.6 Å². The second kappa shape index (κ2) is 3.92. The topological polar surface area (TPSA) is 28.2 Å². The molecule has 1 unspecified atom stereocenters. The molecule has 1 fully saturated rings. The van der Waals surface area contributed by atoms with Crippen LogP contribution >= 0.6 is 0 Å². The summed E-state index contributed by atoms with van der Waals surface area (Å²) in [6.07, 6.45) is 2.90. The first-order chi connectivity index (χ1) is 6.79. The summed E-state index contributed by atoms with van der Waals surface area (Å²) in [6.45, 7) is 4.75. The molecule has 1 aromatic rings. The number of pyridine rings is 1. The zero-order chi connectivity index (χ0) is 9.97. The van der Waals surface area contributed by atoms with Crippen LogP contribution in [0.25, 0.3) is 0 Å². The van der Waals surface area contributed by atoms with Crippen molar-refractivity contribution in [1.29, 1.82) is 0 Å². The van der Waals surface area contributed by atoms with E-state index < -0.39 is 0 Å². The Morgan fingerprint density at radius 1 is 1.64 bits per heavy atom. The number of nitrogens with one attached hydrogen (secondary N) is 1. The summed E-state index contributed by atoms with van der Waals surface area (Å²) in [5, 5.41) is 3.27. The first kappa shape index (κ1) is 9.40. The largest absolute Gasteiger partial charge is 0.364 e. The van der Waals surface area contributed by atoms with E-state index in [9.17, 15) is 4.39 Å². The van der Waals surface area contributed by atoms with Crippen LogP contribution in [-0.2, 0) is 0 Å². The van der Waals surface area contributed by atoms with Crippen molar-refractivity contribution in [3.63, 3.8) is 0 Å². The zero-order valence-electron chi connectivity index (χ0n) is 8.20. The molecule has 1 atom stereocenters. The third kappa shape index (κ3) is 1.70. The molecule has 76 valence electrons. The number of halogens is 1. The van der Waals surface area contributed by atoms with Crippen LogP contribution in [0, 0.1) is 5.82 Å². The molecule has 0 amide bonds. The van der Waals surface area contributed by atoms with E-state index >= 15 is 0 Å². The summed E-state index contributed by atoms with van der Waals surface area (Å²) >= 11 is 0. The molecule has 0 aromatic carbocycles. The fourth-order valence-corrected chi connectivity index (χ4v) is 1.80. The fraction of sp³-hybridized carbons (Fsp3) is 0.500. The monoisotopic (exact) mass is 195 g/mol. The third-order valence-electron chi connectivity index (χ3n) is 2.56. The lowest BCUT2D eigenvalue weighted by molar-refractivity contribution is 0.490. The normalized spacial score (nSPS) is 22.4. The highest BCUT2D eigenvalue weighted by Crippen LogP contribution is 2.20. The molecule has 1 saturated heterocycles. The Hall–Kier alpha value is -1.16. The second-order valence-corrected chi connectivity index (χ2v) is 3.57. The molecule has 1 aliphatic heterocycles. The van der Waals surface area contributed by atoms with Crippen LogP contribution in [0.5, 0.6) is 0 Å². The van der Waals surface area contributed by atoms with E-state index in [4.69, 9.17) is 0 Å². The van der Waals surface area contributed by atoms with Gasteiger partial charge in [-0.2, -0.15) is 0 Å². The molecule has 2 rings (SSSR count). The summed E-state index contributed by atoms with van der Waals surface area (Å²) < 4.78 is 13.4. The van der Waals surface area contributed by atoms with Crippen LogP contribution in [-0.4, -0.2) is 30.7 Å². The first-order valence-electron chi connectivity index (χ1n) is 4.86. The van der Waals surface area contributed by atoms with E-state index in [-0.39, 0.29) is 5.82 Å². The predicted molar refractivity (Wildman–Crippen MR) is 53.9 cm³/mol. The average molecular weight is 195 g/mol. The average Bonchev–Trinajstić information content (AvgIpc) is 2.20. The highest BCUT2D eigenvalue weighted by Gasteiger charge is 2.20. The predicted octanol–water partition coefficient (Wildman–Crippen LogP) is 1.02. The number of nitrogens with zero attached hydrogens (tertiary/aromatic N) is 2. The van der Waals surface area contributed by atoms with Crippen molar-refractivity contribution in [3.8, 4) is 0 Å². The highest BCUT2D eigenvalue weighted by atomic mass is 19.1. The van der Waals surface area contributed by atoms with Crippen LogP contribution < -0.4 is 10.2 Å².